The Balaban J connectivity index is 2.16. The van der Waals surface area contributed by atoms with Crippen LogP contribution in [0.3, 0.4) is 0 Å². The molecule has 0 radical (unpaired) electrons. The van der Waals surface area contributed by atoms with Crippen LogP contribution in [0.15, 0.2) is 18.2 Å². The van der Waals surface area contributed by atoms with Crippen molar-refractivity contribution >= 4 is 17.5 Å². The minimum Gasteiger partial charge on any atom is -0.334 e. The van der Waals surface area contributed by atoms with Gasteiger partial charge in [0.25, 0.3) is 0 Å². The number of carbonyl (C=O) groups is 1. The Labute approximate surface area is 110 Å². The van der Waals surface area contributed by atoms with Crippen molar-refractivity contribution in [3.05, 3.63) is 35.1 Å². The molecule has 0 atom stereocenters. The zero-order chi connectivity index (χ0) is 13.1. The maximum atomic E-state index is 13.7. The van der Waals surface area contributed by atoms with Gasteiger partial charge in [0.15, 0.2) is 0 Å². The van der Waals surface area contributed by atoms with E-state index >= 15 is 0 Å². The van der Waals surface area contributed by atoms with Gasteiger partial charge in [-0.3, -0.25) is 4.79 Å². The van der Waals surface area contributed by atoms with Crippen LogP contribution in [0.25, 0.3) is 0 Å². The van der Waals surface area contributed by atoms with Crippen LogP contribution in [0, 0.1) is 17.1 Å². The first-order chi connectivity index (χ1) is 8.65. The molecule has 1 fully saturated rings. The van der Waals surface area contributed by atoms with Crippen LogP contribution in [-0.2, 0) is 11.3 Å². The fraction of sp³-hybridized carbons (Fsp3) is 0.385. The lowest BCUT2D eigenvalue weighted by Gasteiger charge is -2.21. The Bertz CT molecular complexity index is 508. The van der Waals surface area contributed by atoms with E-state index in [0.29, 0.717) is 5.56 Å². The Morgan fingerprint density at radius 3 is 2.78 bits per heavy atom. The van der Waals surface area contributed by atoms with Crippen LogP contribution < -0.4 is 0 Å². The lowest BCUT2D eigenvalue weighted by molar-refractivity contribution is -0.129. The number of nitriles is 1. The normalized spacial score (nSPS) is 14.1. The smallest absolute Gasteiger partial charge is 0.238 e. The van der Waals surface area contributed by atoms with E-state index < -0.39 is 5.82 Å². The zero-order valence-corrected chi connectivity index (χ0v) is 10.5. The van der Waals surface area contributed by atoms with Crippen LogP contribution in [0.4, 0.5) is 4.39 Å². The van der Waals surface area contributed by atoms with Gasteiger partial charge in [0.05, 0.1) is 11.6 Å². The Morgan fingerprint density at radius 2 is 2.28 bits per heavy atom. The SMILES string of the molecule is N#Cc1ccc(CN(C(=O)CCl)C2CC2)c(F)c1. The number of hydrogen-bond donors (Lipinski definition) is 0. The molecule has 0 saturated heterocycles. The molecule has 0 heterocycles. The summed E-state index contributed by atoms with van der Waals surface area (Å²) in [6, 6.07) is 6.34. The summed E-state index contributed by atoms with van der Waals surface area (Å²) in [5.74, 6) is -0.723. The van der Waals surface area contributed by atoms with E-state index in [0.717, 1.165) is 12.8 Å². The molecule has 94 valence electrons. The predicted molar refractivity (Wildman–Crippen MR) is 65.4 cm³/mol. The third-order valence-corrected chi connectivity index (χ3v) is 3.17. The molecule has 0 N–H and O–H groups in total. The second-order valence-corrected chi connectivity index (χ2v) is 4.57. The number of hydrogen-bond acceptors (Lipinski definition) is 2. The van der Waals surface area contributed by atoms with E-state index in [1.807, 2.05) is 6.07 Å². The largest absolute Gasteiger partial charge is 0.334 e. The van der Waals surface area contributed by atoms with Gasteiger partial charge in [-0.05, 0) is 25.0 Å². The topological polar surface area (TPSA) is 44.1 Å². The van der Waals surface area contributed by atoms with Crippen molar-refractivity contribution in [1.82, 2.24) is 4.90 Å². The summed E-state index contributed by atoms with van der Waals surface area (Å²) in [4.78, 5) is 13.3. The van der Waals surface area contributed by atoms with Crippen LogP contribution in [0.1, 0.15) is 24.0 Å². The maximum absolute atomic E-state index is 13.7. The second kappa shape index (κ2) is 5.36. The van der Waals surface area contributed by atoms with Gasteiger partial charge in [-0.1, -0.05) is 6.07 Å². The van der Waals surface area contributed by atoms with Gasteiger partial charge in [0.2, 0.25) is 5.91 Å². The van der Waals surface area contributed by atoms with Crippen LogP contribution >= 0.6 is 11.6 Å². The number of carbonyl (C=O) groups excluding carboxylic acids is 1. The van der Waals surface area contributed by atoms with Gasteiger partial charge in [0, 0.05) is 18.2 Å². The average Bonchev–Trinajstić information content (AvgIpc) is 3.20. The van der Waals surface area contributed by atoms with Crippen LogP contribution in [0.2, 0.25) is 0 Å². The van der Waals surface area contributed by atoms with Crippen molar-refractivity contribution in [2.24, 2.45) is 0 Å². The summed E-state index contributed by atoms with van der Waals surface area (Å²) in [5.41, 5.74) is 0.692. The standard InChI is InChI=1S/C13H12ClFN2O/c14-6-13(18)17(11-3-4-11)8-10-2-1-9(7-16)5-12(10)15/h1-2,5,11H,3-4,6,8H2. The minimum absolute atomic E-state index is 0.0889. The van der Waals surface area contributed by atoms with Crippen LogP contribution in [-0.4, -0.2) is 22.7 Å². The molecule has 2 rings (SSSR count). The number of rotatable bonds is 4. The molecular formula is C13H12ClFN2O. The monoisotopic (exact) mass is 266 g/mol. The molecule has 0 bridgehead atoms. The molecule has 1 aromatic carbocycles. The summed E-state index contributed by atoms with van der Waals surface area (Å²) >= 11 is 5.54. The molecule has 1 aliphatic rings. The summed E-state index contributed by atoms with van der Waals surface area (Å²) in [5, 5.41) is 8.66. The fourth-order valence-electron chi connectivity index (χ4n) is 1.81. The highest BCUT2D eigenvalue weighted by atomic mass is 35.5. The van der Waals surface area contributed by atoms with Crippen LogP contribution in [0.5, 0.6) is 0 Å². The third kappa shape index (κ3) is 2.80. The number of nitrogens with zero attached hydrogens (tertiary/aromatic N) is 2. The highest BCUT2D eigenvalue weighted by Gasteiger charge is 2.32. The number of halogens is 2. The van der Waals surface area contributed by atoms with Crippen molar-refractivity contribution in [1.29, 1.82) is 5.26 Å². The molecule has 18 heavy (non-hydrogen) atoms. The first kappa shape index (κ1) is 12.8. The Morgan fingerprint density at radius 1 is 1.56 bits per heavy atom. The third-order valence-electron chi connectivity index (χ3n) is 2.95. The highest BCUT2D eigenvalue weighted by Crippen LogP contribution is 2.29. The maximum Gasteiger partial charge on any atom is 0.238 e. The predicted octanol–water partition coefficient (Wildman–Crippen LogP) is 2.43. The second-order valence-electron chi connectivity index (χ2n) is 4.30. The molecule has 0 aliphatic heterocycles. The molecule has 3 nitrogen and oxygen atoms in total. The Hall–Kier alpha value is -1.60. The summed E-state index contributed by atoms with van der Waals surface area (Å²) in [6.45, 7) is 0.216. The number of amides is 1. The van der Waals surface area contributed by atoms with E-state index in [9.17, 15) is 9.18 Å². The molecule has 0 aromatic heterocycles. The van der Waals surface area contributed by atoms with Crippen molar-refractivity contribution in [2.45, 2.75) is 25.4 Å². The molecule has 0 unspecified atom stereocenters. The summed E-state index contributed by atoms with van der Waals surface area (Å²) in [6.07, 6.45) is 1.89. The van der Waals surface area contributed by atoms with Crippen molar-refractivity contribution < 1.29 is 9.18 Å². The minimum atomic E-state index is -0.456. The highest BCUT2D eigenvalue weighted by molar-refractivity contribution is 6.27. The quantitative estimate of drug-likeness (QED) is 0.786. The molecule has 1 amide bonds. The average molecular weight is 267 g/mol. The van der Waals surface area contributed by atoms with Crippen molar-refractivity contribution in [3.8, 4) is 6.07 Å². The molecule has 1 saturated carbocycles. The first-order valence-electron chi connectivity index (χ1n) is 5.69. The van der Waals surface area contributed by atoms with Crippen molar-refractivity contribution in [3.63, 3.8) is 0 Å². The van der Waals surface area contributed by atoms with Crippen molar-refractivity contribution in [2.75, 3.05) is 5.88 Å². The molecule has 0 spiro atoms. The van der Waals surface area contributed by atoms with E-state index in [2.05, 4.69) is 0 Å². The molecule has 1 aliphatic carbocycles. The van der Waals surface area contributed by atoms with E-state index in [-0.39, 0.29) is 29.9 Å². The van der Waals surface area contributed by atoms with E-state index in [1.165, 1.54) is 6.07 Å². The first-order valence-corrected chi connectivity index (χ1v) is 6.23. The molecule has 5 heteroatoms. The van der Waals surface area contributed by atoms with Gasteiger partial charge in [-0.15, -0.1) is 11.6 Å². The molecular weight excluding hydrogens is 255 g/mol. The lowest BCUT2D eigenvalue weighted by atomic mass is 10.1. The fourth-order valence-corrected chi connectivity index (χ4v) is 1.97. The van der Waals surface area contributed by atoms with Gasteiger partial charge in [0.1, 0.15) is 11.7 Å². The molecule has 1 aromatic rings. The number of benzene rings is 1. The van der Waals surface area contributed by atoms with E-state index in [4.69, 9.17) is 16.9 Å². The van der Waals surface area contributed by atoms with E-state index in [1.54, 1.807) is 17.0 Å². The summed E-state index contributed by atoms with van der Waals surface area (Å²) in [7, 11) is 0. The van der Waals surface area contributed by atoms with Gasteiger partial charge >= 0.3 is 0 Å². The van der Waals surface area contributed by atoms with Gasteiger partial charge < -0.3 is 4.90 Å². The van der Waals surface area contributed by atoms with Gasteiger partial charge in [-0.25, -0.2) is 4.39 Å². The summed E-state index contributed by atoms with van der Waals surface area (Å²) < 4.78 is 13.7. The number of alkyl halides is 1. The lowest BCUT2D eigenvalue weighted by Crippen LogP contribution is -2.33. The van der Waals surface area contributed by atoms with Gasteiger partial charge in [-0.2, -0.15) is 5.26 Å². The Kier molecular flexibility index (Phi) is 3.83. The zero-order valence-electron chi connectivity index (χ0n) is 9.70.